The largest absolute Gasteiger partial charge is 0.447 e. The molecule has 0 N–H and O–H groups in total. The summed E-state index contributed by atoms with van der Waals surface area (Å²) in [7, 11) is 0. The SMILES string of the molecule is Cc1ccc(Sc2oc(C=Nn3c(-c4cccc(C(F)(F)F)c4)nc4ccccc4c3=O)cc2Br)cc1. The molecule has 2 heterocycles. The van der Waals surface area contributed by atoms with Crippen molar-refractivity contribution in [1.82, 2.24) is 9.66 Å². The van der Waals surface area contributed by atoms with E-state index in [0.717, 1.165) is 27.3 Å². The summed E-state index contributed by atoms with van der Waals surface area (Å²) < 4.78 is 47.7. The van der Waals surface area contributed by atoms with E-state index in [9.17, 15) is 18.0 Å². The highest BCUT2D eigenvalue weighted by molar-refractivity contribution is 9.10. The zero-order valence-corrected chi connectivity index (χ0v) is 21.6. The van der Waals surface area contributed by atoms with Crippen LogP contribution >= 0.6 is 27.7 Å². The van der Waals surface area contributed by atoms with E-state index in [2.05, 4.69) is 26.0 Å². The van der Waals surface area contributed by atoms with Crippen LogP contribution in [0.15, 0.2) is 108 Å². The van der Waals surface area contributed by atoms with E-state index in [0.29, 0.717) is 20.8 Å². The fourth-order valence-electron chi connectivity index (χ4n) is 3.58. The van der Waals surface area contributed by atoms with Gasteiger partial charge in [-0.1, -0.05) is 53.7 Å². The van der Waals surface area contributed by atoms with E-state index >= 15 is 0 Å². The normalized spacial score (nSPS) is 12.0. The highest BCUT2D eigenvalue weighted by atomic mass is 79.9. The molecule has 0 fully saturated rings. The van der Waals surface area contributed by atoms with Crippen LogP contribution in [0.2, 0.25) is 0 Å². The molecule has 0 aliphatic heterocycles. The van der Waals surface area contributed by atoms with Crippen molar-refractivity contribution in [2.24, 2.45) is 5.10 Å². The zero-order chi connectivity index (χ0) is 26.2. The van der Waals surface area contributed by atoms with Crippen LogP contribution in [-0.4, -0.2) is 15.9 Å². The van der Waals surface area contributed by atoms with Gasteiger partial charge in [0.2, 0.25) is 0 Å². The van der Waals surface area contributed by atoms with Crippen LogP contribution in [0.25, 0.3) is 22.3 Å². The lowest BCUT2D eigenvalue weighted by Crippen LogP contribution is -2.20. The topological polar surface area (TPSA) is 60.4 Å². The Morgan fingerprint density at radius 3 is 2.54 bits per heavy atom. The fraction of sp³-hybridized carbons (Fsp3) is 0.0741. The standard InChI is InChI=1S/C27H17BrF3N3O2S/c1-16-9-11-20(12-10-16)37-26-22(28)14-19(36-26)15-32-34-24(17-5-4-6-18(13-17)27(29,30)31)33-23-8-3-2-7-21(23)25(34)35/h2-15H,1H3. The summed E-state index contributed by atoms with van der Waals surface area (Å²) in [6.07, 6.45) is -3.22. The summed E-state index contributed by atoms with van der Waals surface area (Å²) in [6, 6.07) is 20.9. The van der Waals surface area contributed by atoms with Gasteiger partial charge in [-0.25, -0.2) is 4.98 Å². The van der Waals surface area contributed by atoms with Gasteiger partial charge in [0, 0.05) is 16.5 Å². The summed E-state index contributed by atoms with van der Waals surface area (Å²) >= 11 is 4.89. The van der Waals surface area contributed by atoms with Crippen molar-refractivity contribution in [3.63, 3.8) is 0 Å². The Morgan fingerprint density at radius 2 is 1.78 bits per heavy atom. The van der Waals surface area contributed by atoms with Gasteiger partial charge < -0.3 is 4.42 Å². The molecule has 0 saturated carbocycles. The molecular formula is C27H17BrF3N3O2S. The van der Waals surface area contributed by atoms with Crippen LogP contribution in [0.3, 0.4) is 0 Å². The predicted octanol–water partition coefficient (Wildman–Crippen LogP) is 7.78. The number of aromatic nitrogens is 2. The highest BCUT2D eigenvalue weighted by Gasteiger charge is 2.31. The number of nitrogens with zero attached hydrogens (tertiary/aromatic N) is 3. The van der Waals surface area contributed by atoms with Gasteiger partial charge in [-0.05, 0) is 59.3 Å². The van der Waals surface area contributed by atoms with E-state index in [1.165, 1.54) is 30.1 Å². The molecule has 0 unspecified atom stereocenters. The smallest absolute Gasteiger partial charge is 0.416 e. The van der Waals surface area contributed by atoms with Crippen molar-refractivity contribution in [3.05, 3.63) is 111 Å². The van der Waals surface area contributed by atoms with Gasteiger partial charge in [-0.3, -0.25) is 4.79 Å². The Hall–Kier alpha value is -3.63. The van der Waals surface area contributed by atoms with Gasteiger partial charge >= 0.3 is 6.18 Å². The first kappa shape index (κ1) is 25.0. The zero-order valence-electron chi connectivity index (χ0n) is 19.2. The maximum absolute atomic E-state index is 13.4. The molecule has 37 heavy (non-hydrogen) atoms. The molecule has 5 aromatic rings. The summed E-state index contributed by atoms with van der Waals surface area (Å²) in [5.74, 6) is 0.322. The second kappa shape index (κ2) is 10.0. The van der Waals surface area contributed by atoms with Gasteiger partial charge in [0.15, 0.2) is 10.9 Å². The van der Waals surface area contributed by atoms with Crippen LogP contribution in [0.5, 0.6) is 0 Å². The van der Waals surface area contributed by atoms with Crippen LogP contribution in [0.4, 0.5) is 13.2 Å². The highest BCUT2D eigenvalue weighted by Crippen LogP contribution is 2.36. The van der Waals surface area contributed by atoms with Crippen molar-refractivity contribution >= 4 is 44.8 Å². The third-order valence-corrected chi connectivity index (χ3v) is 7.26. The average molecular weight is 584 g/mol. The van der Waals surface area contributed by atoms with E-state index < -0.39 is 17.3 Å². The maximum Gasteiger partial charge on any atom is 0.416 e. The molecule has 0 atom stereocenters. The predicted molar refractivity (Wildman–Crippen MR) is 141 cm³/mol. The van der Waals surface area contributed by atoms with Crippen LogP contribution in [0, 0.1) is 6.92 Å². The lowest BCUT2D eigenvalue weighted by molar-refractivity contribution is -0.137. The second-order valence-electron chi connectivity index (χ2n) is 8.09. The van der Waals surface area contributed by atoms with Gasteiger partial charge in [-0.2, -0.15) is 22.9 Å². The first-order chi connectivity index (χ1) is 17.7. The number of para-hydroxylation sites is 1. The average Bonchev–Trinajstić information content (AvgIpc) is 3.23. The second-order valence-corrected chi connectivity index (χ2v) is 9.99. The van der Waals surface area contributed by atoms with E-state index in [1.807, 2.05) is 31.2 Å². The number of rotatable bonds is 5. The molecule has 0 saturated heterocycles. The molecule has 5 rings (SSSR count). The Bertz CT molecular complexity index is 1690. The van der Waals surface area contributed by atoms with Crippen LogP contribution in [-0.2, 0) is 6.18 Å². The number of fused-ring (bicyclic) bond motifs is 1. The molecule has 0 radical (unpaired) electrons. The summed E-state index contributed by atoms with van der Waals surface area (Å²) in [4.78, 5) is 18.8. The monoisotopic (exact) mass is 583 g/mol. The molecule has 5 nitrogen and oxygen atoms in total. The molecule has 0 spiro atoms. The molecule has 0 aliphatic carbocycles. The summed E-state index contributed by atoms with van der Waals surface area (Å²) in [6.45, 7) is 2.00. The van der Waals surface area contributed by atoms with Crippen molar-refractivity contribution in [2.75, 3.05) is 0 Å². The molecule has 0 amide bonds. The summed E-state index contributed by atoms with van der Waals surface area (Å²) in [5.41, 5.74) is 0.224. The Morgan fingerprint density at radius 1 is 1.03 bits per heavy atom. The maximum atomic E-state index is 13.4. The Balaban J connectivity index is 1.57. The van der Waals surface area contributed by atoms with Gasteiger partial charge in [0.25, 0.3) is 5.56 Å². The van der Waals surface area contributed by atoms with Gasteiger partial charge in [0.05, 0.1) is 27.2 Å². The number of alkyl halides is 3. The van der Waals surface area contributed by atoms with Gasteiger partial charge in [-0.15, -0.1) is 0 Å². The first-order valence-electron chi connectivity index (χ1n) is 11.0. The fourth-order valence-corrected chi connectivity index (χ4v) is 4.91. The van der Waals surface area contributed by atoms with Crippen LogP contribution < -0.4 is 5.56 Å². The molecule has 2 aromatic heterocycles. The van der Waals surface area contributed by atoms with Crippen molar-refractivity contribution in [1.29, 1.82) is 0 Å². The third kappa shape index (κ3) is 5.40. The number of furan rings is 1. The van der Waals surface area contributed by atoms with E-state index in [4.69, 9.17) is 4.42 Å². The quantitative estimate of drug-likeness (QED) is 0.198. The lowest BCUT2D eigenvalue weighted by Gasteiger charge is -2.11. The number of aryl methyl sites for hydroxylation is 1. The number of hydrogen-bond donors (Lipinski definition) is 0. The molecule has 0 bridgehead atoms. The molecule has 0 aliphatic rings. The minimum absolute atomic E-state index is 0.0223. The van der Waals surface area contributed by atoms with E-state index in [1.54, 1.807) is 30.3 Å². The van der Waals surface area contributed by atoms with Crippen molar-refractivity contribution in [2.45, 2.75) is 23.1 Å². The molecule has 3 aromatic carbocycles. The lowest BCUT2D eigenvalue weighted by atomic mass is 10.1. The van der Waals surface area contributed by atoms with E-state index in [-0.39, 0.29) is 16.8 Å². The Kier molecular flexibility index (Phi) is 6.78. The van der Waals surface area contributed by atoms with Crippen LogP contribution in [0.1, 0.15) is 16.9 Å². The molecule has 186 valence electrons. The van der Waals surface area contributed by atoms with Crippen molar-refractivity contribution < 1.29 is 17.6 Å². The van der Waals surface area contributed by atoms with Gasteiger partial charge in [0.1, 0.15) is 5.76 Å². The number of halogens is 4. The van der Waals surface area contributed by atoms with Crippen molar-refractivity contribution in [3.8, 4) is 11.4 Å². The third-order valence-electron chi connectivity index (χ3n) is 5.41. The Labute approximate surface area is 221 Å². The summed E-state index contributed by atoms with van der Waals surface area (Å²) in [5, 5.41) is 5.15. The molecular weight excluding hydrogens is 567 g/mol. The molecule has 10 heteroatoms. The number of benzene rings is 3. The first-order valence-corrected chi connectivity index (χ1v) is 12.6. The minimum Gasteiger partial charge on any atom is -0.447 e. The number of hydrogen-bond acceptors (Lipinski definition) is 5. The minimum atomic E-state index is -4.55.